The number of carbonyl (C=O) groups is 4. The highest BCUT2D eigenvalue weighted by Gasteiger charge is 2.31. The molecule has 0 spiro atoms. The third-order valence-electron chi connectivity index (χ3n) is 6.91. The minimum atomic E-state index is -1.20. The van der Waals surface area contributed by atoms with Crippen LogP contribution in [0.1, 0.15) is 18.4 Å². The Bertz CT molecular complexity index is 1490. The van der Waals surface area contributed by atoms with Crippen molar-refractivity contribution in [1.29, 1.82) is 0 Å². The van der Waals surface area contributed by atoms with Gasteiger partial charge in [-0.3, -0.25) is 24.6 Å². The van der Waals surface area contributed by atoms with Crippen LogP contribution in [-0.2, 0) is 16.0 Å². The lowest BCUT2D eigenvalue weighted by atomic mass is 10.1. The SMILES string of the molecule is CN(C(=O)O)c1cc(Oc2ccccc2N2CCCC2)ccc1NC(=O)COc1ccc(CC2SC(=O)NC2=O)cc1. The summed E-state index contributed by atoms with van der Waals surface area (Å²) in [7, 11) is 1.39. The molecular weight excluding hydrogens is 560 g/mol. The lowest BCUT2D eigenvalue weighted by molar-refractivity contribution is -0.119. The molecule has 12 heteroatoms. The summed E-state index contributed by atoms with van der Waals surface area (Å²) in [5.41, 5.74) is 2.35. The number of nitrogens with zero attached hydrogens (tertiary/aromatic N) is 2. The number of ether oxygens (including phenoxy) is 2. The van der Waals surface area contributed by atoms with Crippen molar-refractivity contribution >= 4 is 52.0 Å². The van der Waals surface area contributed by atoms with E-state index in [0.29, 0.717) is 23.7 Å². The van der Waals surface area contributed by atoms with Gasteiger partial charge in [0, 0.05) is 26.2 Å². The normalized spacial score (nSPS) is 16.2. The monoisotopic (exact) mass is 590 g/mol. The number of anilines is 3. The Morgan fingerprint density at radius 2 is 1.76 bits per heavy atom. The van der Waals surface area contributed by atoms with Crippen molar-refractivity contribution < 1.29 is 33.8 Å². The van der Waals surface area contributed by atoms with Crippen LogP contribution in [0.5, 0.6) is 17.2 Å². The molecule has 2 fully saturated rings. The third-order valence-corrected chi connectivity index (χ3v) is 7.89. The molecule has 5 rings (SSSR count). The van der Waals surface area contributed by atoms with Gasteiger partial charge in [-0.2, -0.15) is 0 Å². The zero-order chi connectivity index (χ0) is 29.6. The molecule has 0 aromatic heterocycles. The van der Waals surface area contributed by atoms with Crippen LogP contribution in [0.2, 0.25) is 0 Å². The molecule has 4 amide bonds. The van der Waals surface area contributed by atoms with Crippen LogP contribution in [0.3, 0.4) is 0 Å². The molecule has 0 bridgehead atoms. The second kappa shape index (κ2) is 12.9. The lowest BCUT2D eigenvalue weighted by Crippen LogP contribution is -2.27. The van der Waals surface area contributed by atoms with Gasteiger partial charge in [-0.15, -0.1) is 0 Å². The van der Waals surface area contributed by atoms with Crippen LogP contribution in [0.25, 0.3) is 0 Å². The Labute approximate surface area is 246 Å². The van der Waals surface area contributed by atoms with E-state index < -0.39 is 17.3 Å². The minimum Gasteiger partial charge on any atom is -0.484 e. The molecule has 3 N–H and O–H groups in total. The van der Waals surface area contributed by atoms with E-state index in [-0.39, 0.29) is 29.1 Å². The first-order valence-corrected chi connectivity index (χ1v) is 14.3. The Balaban J connectivity index is 1.23. The Morgan fingerprint density at radius 3 is 2.45 bits per heavy atom. The first kappa shape index (κ1) is 28.8. The maximum atomic E-state index is 12.7. The molecule has 2 saturated heterocycles. The molecule has 0 radical (unpaired) electrons. The Hall–Kier alpha value is -4.71. The van der Waals surface area contributed by atoms with Gasteiger partial charge in [0.2, 0.25) is 5.91 Å². The summed E-state index contributed by atoms with van der Waals surface area (Å²) in [6.45, 7) is 1.59. The number of carboxylic acid groups (broad SMARTS) is 1. The van der Waals surface area contributed by atoms with Gasteiger partial charge in [0.15, 0.2) is 12.4 Å². The number of benzene rings is 3. The minimum absolute atomic E-state index is 0.239. The van der Waals surface area contributed by atoms with E-state index in [2.05, 4.69) is 15.5 Å². The summed E-state index contributed by atoms with van der Waals surface area (Å²) >= 11 is 0.966. The summed E-state index contributed by atoms with van der Waals surface area (Å²) in [6, 6.07) is 19.4. The van der Waals surface area contributed by atoms with E-state index in [9.17, 15) is 24.3 Å². The molecule has 3 aromatic rings. The first-order chi connectivity index (χ1) is 20.3. The first-order valence-electron chi connectivity index (χ1n) is 13.4. The molecule has 2 aliphatic rings. The van der Waals surface area contributed by atoms with Gasteiger partial charge < -0.3 is 24.8 Å². The number of thioether (sulfide) groups is 1. The number of nitrogens with one attached hydrogen (secondary N) is 2. The fourth-order valence-electron chi connectivity index (χ4n) is 4.75. The highest BCUT2D eigenvalue weighted by atomic mass is 32.2. The average Bonchev–Trinajstić information content (AvgIpc) is 3.62. The molecular formula is C30H30N4O7S. The number of imide groups is 1. The van der Waals surface area contributed by atoms with E-state index in [1.807, 2.05) is 24.3 Å². The van der Waals surface area contributed by atoms with Crippen molar-refractivity contribution in [2.75, 3.05) is 41.9 Å². The Morgan fingerprint density at radius 1 is 1.05 bits per heavy atom. The lowest BCUT2D eigenvalue weighted by Gasteiger charge is -2.22. The van der Waals surface area contributed by atoms with Crippen molar-refractivity contribution in [1.82, 2.24) is 5.32 Å². The van der Waals surface area contributed by atoms with E-state index in [4.69, 9.17) is 9.47 Å². The summed E-state index contributed by atoms with van der Waals surface area (Å²) in [5, 5.41) is 13.8. The second-order valence-corrected chi connectivity index (χ2v) is 11.0. The fourth-order valence-corrected chi connectivity index (χ4v) is 5.61. The summed E-state index contributed by atoms with van der Waals surface area (Å²) in [4.78, 5) is 51.0. The maximum Gasteiger partial charge on any atom is 0.411 e. The van der Waals surface area contributed by atoms with Crippen molar-refractivity contribution in [3.05, 3.63) is 72.3 Å². The third kappa shape index (κ3) is 6.95. The van der Waals surface area contributed by atoms with Gasteiger partial charge in [0.1, 0.15) is 11.5 Å². The molecule has 0 saturated carbocycles. The average molecular weight is 591 g/mol. The molecule has 2 heterocycles. The van der Waals surface area contributed by atoms with Crippen molar-refractivity contribution in [3.8, 4) is 17.2 Å². The molecule has 0 aliphatic carbocycles. The van der Waals surface area contributed by atoms with Crippen molar-refractivity contribution in [3.63, 3.8) is 0 Å². The number of carbonyl (C=O) groups excluding carboxylic acids is 3. The van der Waals surface area contributed by atoms with Gasteiger partial charge in [0.25, 0.3) is 11.1 Å². The van der Waals surface area contributed by atoms with Gasteiger partial charge in [-0.05, 0) is 61.2 Å². The van der Waals surface area contributed by atoms with E-state index in [1.54, 1.807) is 42.5 Å². The number of hydrogen-bond acceptors (Lipinski definition) is 8. The largest absolute Gasteiger partial charge is 0.484 e. The predicted molar refractivity (Wildman–Crippen MR) is 160 cm³/mol. The van der Waals surface area contributed by atoms with Gasteiger partial charge in [0.05, 0.1) is 22.3 Å². The summed E-state index contributed by atoms with van der Waals surface area (Å²) < 4.78 is 11.8. The van der Waals surface area contributed by atoms with Gasteiger partial charge in [-0.1, -0.05) is 36.0 Å². The molecule has 218 valence electrons. The van der Waals surface area contributed by atoms with Crippen LogP contribution in [0.4, 0.5) is 26.7 Å². The Kier molecular flexibility index (Phi) is 8.82. The predicted octanol–water partition coefficient (Wildman–Crippen LogP) is 5.10. The van der Waals surface area contributed by atoms with Crippen LogP contribution < -0.4 is 29.9 Å². The standard InChI is InChI=1S/C30H30N4O7S/c1-33(30(38)39)24-17-21(41-25-7-3-2-6-23(25)34-14-4-5-15-34)12-13-22(24)31-27(35)18-40-20-10-8-19(9-11-20)16-26-28(36)32-29(37)42-26/h2-3,6-13,17,26H,4-5,14-16,18H2,1H3,(H,31,35)(H,38,39)(H,32,36,37). The number of amides is 4. The molecule has 11 nitrogen and oxygen atoms in total. The number of rotatable bonds is 10. The summed E-state index contributed by atoms with van der Waals surface area (Å²) in [6.07, 6.45) is 1.43. The zero-order valence-electron chi connectivity index (χ0n) is 22.9. The van der Waals surface area contributed by atoms with Crippen molar-refractivity contribution in [2.45, 2.75) is 24.5 Å². The molecule has 2 aliphatic heterocycles. The smallest absolute Gasteiger partial charge is 0.411 e. The number of hydrogen-bond donors (Lipinski definition) is 3. The molecule has 1 unspecified atom stereocenters. The molecule has 3 aromatic carbocycles. The van der Waals surface area contributed by atoms with Gasteiger partial charge in [-0.25, -0.2) is 4.79 Å². The molecule has 42 heavy (non-hydrogen) atoms. The number of para-hydroxylation sites is 2. The highest BCUT2D eigenvalue weighted by molar-refractivity contribution is 8.15. The highest BCUT2D eigenvalue weighted by Crippen LogP contribution is 2.37. The molecule has 1 atom stereocenters. The zero-order valence-corrected chi connectivity index (χ0v) is 23.7. The van der Waals surface area contributed by atoms with Crippen LogP contribution in [0, 0.1) is 0 Å². The van der Waals surface area contributed by atoms with Crippen molar-refractivity contribution in [2.24, 2.45) is 0 Å². The maximum absolute atomic E-state index is 12.7. The van der Waals surface area contributed by atoms with E-state index in [0.717, 1.165) is 53.8 Å². The van der Waals surface area contributed by atoms with Crippen LogP contribution in [-0.4, -0.2) is 60.2 Å². The van der Waals surface area contributed by atoms with Gasteiger partial charge >= 0.3 is 6.09 Å². The van der Waals surface area contributed by atoms with E-state index >= 15 is 0 Å². The quantitative estimate of drug-likeness (QED) is 0.294. The topological polar surface area (TPSA) is 138 Å². The second-order valence-electron chi connectivity index (χ2n) is 9.85. The van der Waals surface area contributed by atoms with E-state index in [1.165, 1.54) is 7.05 Å². The fraction of sp³-hybridized carbons (Fsp3) is 0.267. The summed E-state index contributed by atoms with van der Waals surface area (Å²) in [5.74, 6) is 0.748. The van der Waals surface area contributed by atoms with Crippen LogP contribution in [0.15, 0.2) is 66.7 Å². The van der Waals surface area contributed by atoms with Crippen LogP contribution >= 0.6 is 11.8 Å².